The Balaban J connectivity index is 1.61. The molecule has 122 valence electrons. The molecule has 24 heavy (non-hydrogen) atoms. The van der Waals surface area contributed by atoms with Gasteiger partial charge in [-0.2, -0.15) is 0 Å². The molecule has 2 N–H and O–H groups in total. The Morgan fingerprint density at radius 1 is 1.08 bits per heavy atom. The Morgan fingerprint density at radius 2 is 1.83 bits per heavy atom. The van der Waals surface area contributed by atoms with Crippen LogP contribution in [0.2, 0.25) is 0 Å². The number of nitrogens with one attached hydrogen (secondary N) is 2. The zero-order valence-corrected chi connectivity index (χ0v) is 13.0. The molecule has 0 atom stereocenters. The van der Waals surface area contributed by atoms with Gasteiger partial charge >= 0.3 is 6.03 Å². The summed E-state index contributed by atoms with van der Waals surface area (Å²) in [4.78, 5) is 11.8. The van der Waals surface area contributed by atoms with E-state index < -0.39 is 0 Å². The minimum absolute atomic E-state index is 0.126. The number of benzene rings is 2. The molecule has 0 aliphatic carbocycles. The van der Waals surface area contributed by atoms with E-state index in [1.54, 1.807) is 19.2 Å². The van der Waals surface area contributed by atoms with Crippen LogP contribution < -0.4 is 15.4 Å². The van der Waals surface area contributed by atoms with E-state index in [0.717, 1.165) is 0 Å². The van der Waals surface area contributed by atoms with Gasteiger partial charge in [-0.3, -0.25) is 0 Å². The van der Waals surface area contributed by atoms with Gasteiger partial charge in [-0.05, 0) is 24.3 Å². The number of carbonyl (C=O) groups is 1. The lowest BCUT2D eigenvalue weighted by Crippen LogP contribution is -2.28. The molecular formula is C17H16N4O3. The third-order valence-corrected chi connectivity index (χ3v) is 3.24. The molecule has 0 fully saturated rings. The van der Waals surface area contributed by atoms with Gasteiger partial charge < -0.3 is 19.8 Å². The smallest absolute Gasteiger partial charge is 0.319 e. The molecule has 0 unspecified atom stereocenters. The molecule has 0 spiro atoms. The third kappa shape index (κ3) is 3.70. The summed E-state index contributed by atoms with van der Waals surface area (Å²) in [7, 11) is 1.57. The summed E-state index contributed by atoms with van der Waals surface area (Å²) in [5, 5.41) is 13.3. The number of amides is 2. The second-order valence-corrected chi connectivity index (χ2v) is 4.87. The highest BCUT2D eigenvalue weighted by molar-refractivity contribution is 5.89. The molecule has 2 aromatic carbocycles. The quantitative estimate of drug-likeness (QED) is 0.753. The minimum Gasteiger partial charge on any atom is -0.496 e. The first-order chi connectivity index (χ1) is 11.8. The summed E-state index contributed by atoms with van der Waals surface area (Å²) >= 11 is 0. The number of hydrogen-bond acceptors (Lipinski definition) is 5. The molecule has 0 saturated carbocycles. The third-order valence-electron chi connectivity index (χ3n) is 3.24. The molecule has 2 amide bonds. The van der Waals surface area contributed by atoms with Crippen molar-refractivity contribution in [2.75, 3.05) is 12.4 Å². The number of ether oxygens (including phenoxy) is 1. The van der Waals surface area contributed by atoms with E-state index in [-0.39, 0.29) is 12.6 Å². The Morgan fingerprint density at radius 3 is 2.62 bits per heavy atom. The van der Waals surface area contributed by atoms with Crippen LogP contribution in [0.1, 0.15) is 5.89 Å². The van der Waals surface area contributed by atoms with Crippen molar-refractivity contribution in [1.82, 2.24) is 15.5 Å². The van der Waals surface area contributed by atoms with Crippen LogP contribution in [0.4, 0.5) is 10.5 Å². The maximum absolute atomic E-state index is 11.8. The molecule has 3 rings (SSSR count). The standard InChI is InChI=1S/C17H16N4O3/c1-23-14-10-6-5-9-13(14)16-21-20-15(24-16)11-18-17(22)19-12-7-3-2-4-8-12/h2-10H,11H2,1H3,(H2,18,19,22). The fourth-order valence-corrected chi connectivity index (χ4v) is 2.11. The number of aromatic nitrogens is 2. The van der Waals surface area contributed by atoms with Gasteiger partial charge in [0.15, 0.2) is 0 Å². The number of methoxy groups -OCH3 is 1. The molecule has 0 aliphatic heterocycles. The van der Waals surface area contributed by atoms with E-state index in [4.69, 9.17) is 9.15 Å². The van der Waals surface area contributed by atoms with Crippen molar-refractivity contribution < 1.29 is 13.9 Å². The van der Waals surface area contributed by atoms with E-state index in [1.165, 1.54) is 0 Å². The molecule has 3 aromatic rings. The Labute approximate surface area is 138 Å². The van der Waals surface area contributed by atoms with E-state index in [0.29, 0.717) is 28.8 Å². The largest absolute Gasteiger partial charge is 0.496 e. The van der Waals surface area contributed by atoms with E-state index in [1.807, 2.05) is 42.5 Å². The predicted molar refractivity (Wildman–Crippen MR) is 88.6 cm³/mol. The van der Waals surface area contributed by atoms with Crippen LogP contribution in [0.3, 0.4) is 0 Å². The van der Waals surface area contributed by atoms with Gasteiger partial charge in [0.25, 0.3) is 5.89 Å². The Hall–Kier alpha value is -3.35. The monoisotopic (exact) mass is 324 g/mol. The Bertz CT molecular complexity index is 817. The van der Waals surface area contributed by atoms with Crippen molar-refractivity contribution in [2.45, 2.75) is 6.54 Å². The van der Waals surface area contributed by atoms with Gasteiger partial charge in [0, 0.05) is 5.69 Å². The van der Waals surface area contributed by atoms with Crippen LogP contribution in [0.15, 0.2) is 59.0 Å². The molecule has 7 nitrogen and oxygen atoms in total. The number of nitrogens with zero attached hydrogens (tertiary/aromatic N) is 2. The number of hydrogen-bond donors (Lipinski definition) is 2. The maximum Gasteiger partial charge on any atom is 0.319 e. The van der Waals surface area contributed by atoms with Gasteiger partial charge in [0.2, 0.25) is 5.89 Å². The van der Waals surface area contributed by atoms with Crippen LogP contribution in [-0.4, -0.2) is 23.3 Å². The van der Waals surface area contributed by atoms with Crippen molar-refractivity contribution in [3.8, 4) is 17.2 Å². The van der Waals surface area contributed by atoms with Crippen molar-refractivity contribution in [1.29, 1.82) is 0 Å². The van der Waals surface area contributed by atoms with Crippen LogP contribution in [-0.2, 0) is 6.54 Å². The lowest BCUT2D eigenvalue weighted by molar-refractivity contribution is 0.250. The minimum atomic E-state index is -0.349. The molecular weight excluding hydrogens is 308 g/mol. The summed E-state index contributed by atoms with van der Waals surface area (Å²) in [5.74, 6) is 1.29. The highest BCUT2D eigenvalue weighted by Gasteiger charge is 2.13. The van der Waals surface area contributed by atoms with Gasteiger partial charge in [-0.25, -0.2) is 4.79 Å². The summed E-state index contributed by atoms with van der Waals surface area (Å²) in [6.07, 6.45) is 0. The molecule has 0 bridgehead atoms. The normalized spacial score (nSPS) is 10.2. The molecule has 1 aromatic heterocycles. The topological polar surface area (TPSA) is 89.3 Å². The highest BCUT2D eigenvalue weighted by Crippen LogP contribution is 2.28. The van der Waals surface area contributed by atoms with E-state index >= 15 is 0 Å². The number of anilines is 1. The van der Waals surface area contributed by atoms with Gasteiger partial charge in [0.1, 0.15) is 5.75 Å². The van der Waals surface area contributed by atoms with Gasteiger partial charge in [-0.15, -0.1) is 10.2 Å². The molecule has 1 heterocycles. The second-order valence-electron chi connectivity index (χ2n) is 4.87. The second kappa shape index (κ2) is 7.28. The van der Waals surface area contributed by atoms with Crippen molar-refractivity contribution >= 4 is 11.7 Å². The van der Waals surface area contributed by atoms with Gasteiger partial charge in [0.05, 0.1) is 19.2 Å². The van der Waals surface area contributed by atoms with E-state index in [9.17, 15) is 4.79 Å². The molecule has 0 aliphatic rings. The fourth-order valence-electron chi connectivity index (χ4n) is 2.11. The predicted octanol–water partition coefficient (Wildman–Crippen LogP) is 3.07. The number of carbonyl (C=O) groups excluding carboxylic acids is 1. The molecule has 0 saturated heterocycles. The lowest BCUT2D eigenvalue weighted by Gasteiger charge is -2.05. The van der Waals surface area contributed by atoms with Crippen molar-refractivity contribution in [2.24, 2.45) is 0 Å². The zero-order valence-electron chi connectivity index (χ0n) is 13.0. The lowest BCUT2D eigenvalue weighted by atomic mass is 10.2. The van der Waals surface area contributed by atoms with Crippen molar-refractivity contribution in [3.05, 3.63) is 60.5 Å². The first kappa shape index (κ1) is 15.5. The first-order valence-corrected chi connectivity index (χ1v) is 7.32. The number of rotatable bonds is 5. The zero-order chi connectivity index (χ0) is 16.8. The van der Waals surface area contributed by atoms with Crippen LogP contribution in [0.5, 0.6) is 5.75 Å². The summed E-state index contributed by atoms with van der Waals surface area (Å²) in [6, 6.07) is 16.1. The summed E-state index contributed by atoms with van der Waals surface area (Å²) in [6.45, 7) is 0.126. The number of para-hydroxylation sites is 2. The highest BCUT2D eigenvalue weighted by atomic mass is 16.5. The van der Waals surface area contributed by atoms with Crippen molar-refractivity contribution in [3.63, 3.8) is 0 Å². The van der Waals surface area contributed by atoms with E-state index in [2.05, 4.69) is 20.8 Å². The van der Waals surface area contributed by atoms with Crippen LogP contribution >= 0.6 is 0 Å². The van der Waals surface area contributed by atoms with Crippen LogP contribution in [0, 0.1) is 0 Å². The fraction of sp³-hybridized carbons (Fsp3) is 0.118. The average Bonchev–Trinajstić information content (AvgIpc) is 3.09. The average molecular weight is 324 g/mol. The molecule has 7 heteroatoms. The SMILES string of the molecule is COc1ccccc1-c1nnc(CNC(=O)Nc2ccccc2)o1. The maximum atomic E-state index is 11.8. The van der Waals surface area contributed by atoms with Crippen LogP contribution in [0.25, 0.3) is 11.5 Å². The summed E-state index contributed by atoms with van der Waals surface area (Å²) in [5.41, 5.74) is 1.41. The number of urea groups is 1. The Kier molecular flexibility index (Phi) is 4.71. The first-order valence-electron chi connectivity index (χ1n) is 7.32. The van der Waals surface area contributed by atoms with Gasteiger partial charge in [-0.1, -0.05) is 30.3 Å². The molecule has 0 radical (unpaired) electrons. The summed E-state index contributed by atoms with van der Waals surface area (Å²) < 4.78 is 10.8.